The van der Waals surface area contributed by atoms with E-state index in [4.69, 9.17) is 9.47 Å². The lowest BCUT2D eigenvalue weighted by Gasteiger charge is -2.15. The number of nitrogens with zero attached hydrogens (tertiary/aromatic N) is 3. The average molecular weight is 565 g/mol. The molecule has 1 N–H and O–H groups in total. The molecule has 0 fully saturated rings. The molecule has 0 aliphatic carbocycles. The Morgan fingerprint density at radius 1 is 1.05 bits per heavy atom. The monoisotopic (exact) mass is 564 g/mol. The highest BCUT2D eigenvalue weighted by Crippen LogP contribution is 2.36. The minimum Gasteiger partial charge on any atom is -0.483 e. The molecule has 1 atom stereocenters. The normalized spacial score (nSPS) is 11.9. The van der Waals surface area contributed by atoms with Crippen LogP contribution in [0.5, 0.6) is 5.75 Å². The smallest absolute Gasteiger partial charge is 0.341 e. The number of carbonyl (C=O) groups excluding carboxylic acids is 2. The van der Waals surface area contributed by atoms with Crippen molar-refractivity contribution in [1.29, 1.82) is 0 Å². The number of aryl methyl sites for hydroxylation is 1. The maximum absolute atomic E-state index is 12.8. The number of thioether (sulfide) groups is 1. The average Bonchev–Trinajstić information content (AvgIpc) is 3.51. The molecule has 0 aliphatic rings. The Kier molecular flexibility index (Phi) is 9.08. The Bertz CT molecular complexity index is 1440. The summed E-state index contributed by atoms with van der Waals surface area (Å²) in [6, 6.07) is 15.9. The number of thiophene rings is 1. The molecule has 10 heteroatoms. The van der Waals surface area contributed by atoms with Crippen molar-refractivity contribution in [2.24, 2.45) is 7.05 Å². The molecule has 0 saturated heterocycles. The van der Waals surface area contributed by atoms with Crippen LogP contribution < -0.4 is 10.1 Å². The van der Waals surface area contributed by atoms with Gasteiger partial charge in [-0.05, 0) is 43.0 Å². The maximum atomic E-state index is 12.8. The Morgan fingerprint density at radius 2 is 1.74 bits per heavy atom. The number of amides is 1. The topological polar surface area (TPSA) is 95.3 Å². The molecule has 1 unspecified atom stereocenters. The zero-order valence-electron chi connectivity index (χ0n) is 22.8. The Labute approximate surface area is 236 Å². The van der Waals surface area contributed by atoms with Crippen molar-refractivity contribution in [3.63, 3.8) is 0 Å². The molecule has 0 radical (unpaired) electrons. The maximum Gasteiger partial charge on any atom is 0.341 e. The fourth-order valence-electron chi connectivity index (χ4n) is 3.99. The molecule has 2 aromatic heterocycles. The van der Waals surface area contributed by atoms with Crippen molar-refractivity contribution in [1.82, 2.24) is 14.8 Å². The minimum atomic E-state index is -0.499. The van der Waals surface area contributed by atoms with Crippen LogP contribution in [0.2, 0.25) is 0 Å². The highest BCUT2D eigenvalue weighted by molar-refractivity contribution is 7.99. The van der Waals surface area contributed by atoms with Crippen molar-refractivity contribution in [3.05, 3.63) is 76.4 Å². The third-order valence-electron chi connectivity index (χ3n) is 6.22. The van der Waals surface area contributed by atoms with Gasteiger partial charge in [-0.25, -0.2) is 4.79 Å². The summed E-state index contributed by atoms with van der Waals surface area (Å²) in [6.07, 6.45) is -0.329. The molecule has 4 aromatic rings. The molecular formula is C29H32N4O4S2. The van der Waals surface area contributed by atoms with E-state index in [9.17, 15) is 9.59 Å². The van der Waals surface area contributed by atoms with Gasteiger partial charge in [0.25, 0.3) is 0 Å². The molecule has 0 saturated carbocycles. The number of methoxy groups -OCH3 is 1. The second-order valence-corrected chi connectivity index (χ2v) is 11.3. The number of aromatic nitrogens is 3. The van der Waals surface area contributed by atoms with Crippen molar-refractivity contribution in [3.8, 4) is 16.9 Å². The molecule has 4 rings (SSSR count). The molecule has 204 valence electrons. The fourth-order valence-corrected chi connectivity index (χ4v) is 5.68. The van der Waals surface area contributed by atoms with Crippen LogP contribution >= 0.6 is 23.1 Å². The van der Waals surface area contributed by atoms with E-state index >= 15 is 0 Å². The van der Waals surface area contributed by atoms with Gasteiger partial charge in [0.1, 0.15) is 16.3 Å². The lowest BCUT2D eigenvalue weighted by atomic mass is 10.0. The molecule has 0 spiro atoms. The summed E-state index contributed by atoms with van der Waals surface area (Å²) in [7, 11) is 3.18. The summed E-state index contributed by atoms with van der Waals surface area (Å²) in [6.45, 7) is 8.22. The van der Waals surface area contributed by atoms with E-state index in [1.807, 2.05) is 67.2 Å². The van der Waals surface area contributed by atoms with Gasteiger partial charge in [-0.2, -0.15) is 0 Å². The molecule has 0 aliphatic heterocycles. The van der Waals surface area contributed by atoms with E-state index in [1.165, 1.54) is 35.8 Å². The molecule has 2 heterocycles. The number of esters is 1. The molecule has 39 heavy (non-hydrogen) atoms. The van der Waals surface area contributed by atoms with Crippen LogP contribution in [0.3, 0.4) is 0 Å². The number of benzene rings is 2. The number of hydrogen-bond donors (Lipinski definition) is 1. The van der Waals surface area contributed by atoms with E-state index in [1.54, 1.807) is 0 Å². The lowest BCUT2D eigenvalue weighted by molar-refractivity contribution is -0.113. The van der Waals surface area contributed by atoms with Gasteiger partial charge >= 0.3 is 5.97 Å². The summed E-state index contributed by atoms with van der Waals surface area (Å²) in [5, 5.41) is 14.3. The first-order valence-corrected chi connectivity index (χ1v) is 14.4. The predicted molar refractivity (Wildman–Crippen MR) is 156 cm³/mol. The lowest BCUT2D eigenvalue weighted by Crippen LogP contribution is -2.16. The van der Waals surface area contributed by atoms with Crippen LogP contribution in [-0.4, -0.2) is 39.5 Å². The third-order valence-corrected chi connectivity index (χ3v) is 8.14. The standard InChI is InChI=1S/C29H32N4O4S2/c1-17(2)20-11-13-22(14-12-20)37-19(4)26-31-32-29(33(26)5)39-16-24(34)30-27-25(28(35)36-6)23(15-38-27)21-9-7-18(3)8-10-21/h7-15,17,19H,16H2,1-6H3,(H,30,34). The molecular weight excluding hydrogens is 532 g/mol. The first kappa shape index (κ1) is 28.4. The molecule has 0 bridgehead atoms. The molecule has 1 amide bonds. The van der Waals surface area contributed by atoms with E-state index in [0.29, 0.717) is 27.5 Å². The summed E-state index contributed by atoms with van der Waals surface area (Å²) in [5.74, 6) is 1.19. The molecule has 8 nitrogen and oxygen atoms in total. The van der Waals surface area contributed by atoms with Gasteiger partial charge in [-0.3, -0.25) is 4.79 Å². The Balaban J connectivity index is 1.40. The van der Waals surface area contributed by atoms with Gasteiger partial charge in [-0.15, -0.1) is 21.5 Å². The zero-order valence-corrected chi connectivity index (χ0v) is 24.5. The van der Waals surface area contributed by atoms with Gasteiger partial charge in [0.05, 0.1) is 12.9 Å². The number of ether oxygens (including phenoxy) is 2. The van der Waals surface area contributed by atoms with E-state index in [-0.39, 0.29) is 17.8 Å². The largest absolute Gasteiger partial charge is 0.483 e. The van der Waals surface area contributed by atoms with Crippen LogP contribution in [0.4, 0.5) is 5.00 Å². The van der Waals surface area contributed by atoms with E-state index < -0.39 is 5.97 Å². The Morgan fingerprint density at radius 3 is 2.38 bits per heavy atom. The van der Waals surface area contributed by atoms with Gasteiger partial charge in [0.2, 0.25) is 5.91 Å². The van der Waals surface area contributed by atoms with Crippen LogP contribution in [0.15, 0.2) is 59.1 Å². The van der Waals surface area contributed by atoms with Crippen molar-refractivity contribution < 1.29 is 19.1 Å². The first-order chi connectivity index (χ1) is 18.7. The highest BCUT2D eigenvalue weighted by Gasteiger charge is 2.23. The summed E-state index contributed by atoms with van der Waals surface area (Å²) >= 11 is 2.55. The van der Waals surface area contributed by atoms with Crippen molar-refractivity contribution in [2.75, 3.05) is 18.2 Å². The van der Waals surface area contributed by atoms with Crippen molar-refractivity contribution in [2.45, 2.75) is 44.9 Å². The second kappa shape index (κ2) is 12.5. The SMILES string of the molecule is COC(=O)c1c(-c2ccc(C)cc2)csc1NC(=O)CSc1nnc(C(C)Oc2ccc(C(C)C)cc2)n1C. The van der Waals surface area contributed by atoms with E-state index in [2.05, 4.69) is 41.5 Å². The Hall–Kier alpha value is -3.63. The summed E-state index contributed by atoms with van der Waals surface area (Å²) in [5.41, 5.74) is 4.31. The van der Waals surface area contributed by atoms with E-state index in [0.717, 1.165) is 22.4 Å². The van der Waals surface area contributed by atoms with Crippen LogP contribution in [0.25, 0.3) is 11.1 Å². The quantitative estimate of drug-likeness (QED) is 0.171. The third kappa shape index (κ3) is 6.69. The molecule has 2 aromatic carbocycles. The number of carbonyl (C=O) groups is 2. The highest BCUT2D eigenvalue weighted by atomic mass is 32.2. The second-order valence-electron chi connectivity index (χ2n) is 9.43. The first-order valence-electron chi connectivity index (χ1n) is 12.5. The number of rotatable bonds is 10. The number of hydrogen-bond acceptors (Lipinski definition) is 8. The van der Waals surface area contributed by atoms with Gasteiger partial charge in [0.15, 0.2) is 17.1 Å². The zero-order chi connectivity index (χ0) is 28.1. The van der Waals surface area contributed by atoms with Gasteiger partial charge < -0.3 is 19.4 Å². The van der Waals surface area contributed by atoms with Crippen molar-refractivity contribution >= 4 is 40.0 Å². The van der Waals surface area contributed by atoms with Gasteiger partial charge in [-0.1, -0.05) is 67.6 Å². The number of nitrogens with one attached hydrogen (secondary N) is 1. The van der Waals surface area contributed by atoms with Crippen LogP contribution in [0.1, 0.15) is 60.1 Å². The van der Waals surface area contributed by atoms with Crippen LogP contribution in [-0.2, 0) is 16.6 Å². The summed E-state index contributed by atoms with van der Waals surface area (Å²) < 4.78 is 12.9. The van der Waals surface area contributed by atoms with Gasteiger partial charge in [0, 0.05) is 18.0 Å². The summed E-state index contributed by atoms with van der Waals surface area (Å²) in [4.78, 5) is 25.4. The number of anilines is 1. The van der Waals surface area contributed by atoms with Crippen LogP contribution in [0, 0.1) is 6.92 Å². The fraction of sp³-hybridized carbons (Fsp3) is 0.310. The predicted octanol–water partition coefficient (Wildman–Crippen LogP) is 6.63. The minimum absolute atomic E-state index is 0.0935.